The molecule has 4 N–H and O–H groups in total. The molecule has 0 aliphatic carbocycles. The lowest BCUT2D eigenvalue weighted by atomic mass is 9.86. The van der Waals surface area contributed by atoms with E-state index in [0.717, 1.165) is 25.9 Å². The molecule has 0 aliphatic heterocycles. The second-order valence-electron chi connectivity index (χ2n) is 5.53. The number of rotatable bonds is 7. The van der Waals surface area contributed by atoms with Gasteiger partial charge in [0.25, 0.3) is 0 Å². The summed E-state index contributed by atoms with van der Waals surface area (Å²) >= 11 is 0. The normalized spacial score (nSPS) is 12.9. The maximum Gasteiger partial charge on any atom is 0.144 e. The van der Waals surface area contributed by atoms with Crippen molar-refractivity contribution in [3.63, 3.8) is 0 Å². The minimum Gasteiger partial charge on any atom is -0.409 e. The molecule has 1 aromatic rings. The highest BCUT2D eigenvalue weighted by atomic mass is 16.4. The highest BCUT2D eigenvalue weighted by Crippen LogP contribution is 2.21. The van der Waals surface area contributed by atoms with Crippen LogP contribution in [0.2, 0.25) is 0 Å². The summed E-state index contributed by atoms with van der Waals surface area (Å²) in [4.78, 5) is 0. The summed E-state index contributed by atoms with van der Waals surface area (Å²) in [5, 5.41) is 19.4. The standard InChI is InChI=1S/C13H25N5O/c1-10-11(9-16-18(10)4)8-15-7-5-6-13(2,3)12(14)17-19/h9,15,19H,5-8H2,1-4H3,(H2,14,17). The van der Waals surface area contributed by atoms with Gasteiger partial charge in [-0.05, 0) is 26.3 Å². The average Bonchev–Trinajstić information content (AvgIpc) is 2.69. The third kappa shape index (κ3) is 4.24. The quantitative estimate of drug-likeness (QED) is 0.229. The molecule has 1 rings (SSSR count). The minimum absolute atomic E-state index is 0.263. The zero-order chi connectivity index (χ0) is 14.5. The largest absolute Gasteiger partial charge is 0.409 e. The lowest BCUT2D eigenvalue weighted by Gasteiger charge is -2.22. The predicted molar refractivity (Wildman–Crippen MR) is 76.1 cm³/mol. The van der Waals surface area contributed by atoms with Gasteiger partial charge in [-0.3, -0.25) is 4.68 Å². The van der Waals surface area contributed by atoms with Gasteiger partial charge in [0.15, 0.2) is 0 Å². The molecule has 0 amide bonds. The van der Waals surface area contributed by atoms with Gasteiger partial charge in [0.1, 0.15) is 5.84 Å². The Morgan fingerprint density at radius 2 is 2.26 bits per heavy atom. The van der Waals surface area contributed by atoms with Crippen LogP contribution in [0.4, 0.5) is 0 Å². The van der Waals surface area contributed by atoms with Crippen LogP contribution in [-0.4, -0.2) is 27.4 Å². The summed E-state index contributed by atoms with van der Waals surface area (Å²) in [6.07, 6.45) is 3.74. The summed E-state index contributed by atoms with van der Waals surface area (Å²) in [7, 11) is 1.94. The Morgan fingerprint density at radius 3 is 2.79 bits per heavy atom. The van der Waals surface area contributed by atoms with Crippen LogP contribution >= 0.6 is 0 Å². The topological polar surface area (TPSA) is 88.5 Å². The molecule has 1 aromatic heterocycles. The first-order chi connectivity index (χ1) is 8.88. The SMILES string of the molecule is Cc1c(CNCCCC(C)(C)C(N)=NO)cnn1C. The average molecular weight is 267 g/mol. The molecule has 0 atom stereocenters. The first kappa shape index (κ1) is 15.5. The third-order valence-electron chi connectivity index (χ3n) is 3.61. The fourth-order valence-electron chi connectivity index (χ4n) is 1.86. The van der Waals surface area contributed by atoms with Gasteiger partial charge in [0.2, 0.25) is 0 Å². The van der Waals surface area contributed by atoms with Crippen molar-refractivity contribution in [2.75, 3.05) is 6.54 Å². The second kappa shape index (κ2) is 6.56. The maximum atomic E-state index is 8.69. The molecule has 0 aliphatic rings. The molecule has 0 aromatic carbocycles. The summed E-state index contributed by atoms with van der Waals surface area (Å²) in [5.41, 5.74) is 7.79. The Labute approximate surface area is 114 Å². The predicted octanol–water partition coefficient (Wildman–Crippen LogP) is 1.37. The zero-order valence-electron chi connectivity index (χ0n) is 12.3. The van der Waals surface area contributed by atoms with Crippen molar-refractivity contribution in [1.29, 1.82) is 0 Å². The van der Waals surface area contributed by atoms with Crippen LogP contribution in [0.25, 0.3) is 0 Å². The Bertz CT molecular complexity index is 436. The molecular weight excluding hydrogens is 242 g/mol. The third-order valence-corrected chi connectivity index (χ3v) is 3.61. The number of aromatic nitrogens is 2. The van der Waals surface area contributed by atoms with Crippen molar-refractivity contribution >= 4 is 5.84 Å². The van der Waals surface area contributed by atoms with Gasteiger partial charge in [-0.15, -0.1) is 0 Å². The number of oxime groups is 1. The summed E-state index contributed by atoms with van der Waals surface area (Å²) in [6.45, 7) is 7.74. The molecular formula is C13H25N5O. The molecule has 6 nitrogen and oxygen atoms in total. The van der Waals surface area contributed by atoms with Crippen LogP contribution in [0.15, 0.2) is 11.4 Å². The number of aryl methyl sites for hydroxylation is 1. The van der Waals surface area contributed by atoms with Crippen LogP contribution in [0, 0.1) is 12.3 Å². The molecule has 19 heavy (non-hydrogen) atoms. The Kier molecular flexibility index (Phi) is 5.35. The highest BCUT2D eigenvalue weighted by Gasteiger charge is 2.22. The molecule has 0 fully saturated rings. The minimum atomic E-state index is -0.263. The van der Waals surface area contributed by atoms with Crippen molar-refractivity contribution < 1.29 is 5.21 Å². The van der Waals surface area contributed by atoms with Gasteiger partial charge < -0.3 is 16.3 Å². The number of hydrogen-bond acceptors (Lipinski definition) is 4. The van der Waals surface area contributed by atoms with Crippen LogP contribution in [-0.2, 0) is 13.6 Å². The van der Waals surface area contributed by atoms with Crippen LogP contribution in [0.5, 0.6) is 0 Å². The van der Waals surface area contributed by atoms with Crippen molar-refractivity contribution in [2.24, 2.45) is 23.4 Å². The molecule has 0 saturated heterocycles. The molecule has 0 unspecified atom stereocenters. The molecule has 0 bridgehead atoms. The van der Waals surface area contributed by atoms with Crippen molar-refractivity contribution in [3.05, 3.63) is 17.5 Å². The second-order valence-corrected chi connectivity index (χ2v) is 5.53. The monoisotopic (exact) mass is 267 g/mol. The Hall–Kier alpha value is -1.56. The lowest BCUT2D eigenvalue weighted by Crippen LogP contribution is -2.32. The molecule has 6 heteroatoms. The number of amidine groups is 1. The van der Waals surface area contributed by atoms with Gasteiger partial charge in [0, 0.05) is 30.3 Å². The molecule has 108 valence electrons. The number of nitrogens with one attached hydrogen (secondary N) is 1. The van der Waals surface area contributed by atoms with Gasteiger partial charge in [-0.25, -0.2) is 0 Å². The fourth-order valence-corrected chi connectivity index (χ4v) is 1.86. The van der Waals surface area contributed by atoms with E-state index in [-0.39, 0.29) is 11.3 Å². The first-order valence-electron chi connectivity index (χ1n) is 6.54. The van der Waals surface area contributed by atoms with Crippen molar-refractivity contribution in [2.45, 2.75) is 40.2 Å². The first-order valence-corrected chi connectivity index (χ1v) is 6.54. The van der Waals surface area contributed by atoms with E-state index in [2.05, 4.69) is 22.5 Å². The van der Waals surface area contributed by atoms with E-state index >= 15 is 0 Å². The summed E-state index contributed by atoms with van der Waals surface area (Å²) < 4.78 is 1.87. The van der Waals surface area contributed by atoms with Crippen LogP contribution in [0.3, 0.4) is 0 Å². The van der Waals surface area contributed by atoms with E-state index in [1.807, 2.05) is 31.8 Å². The van der Waals surface area contributed by atoms with Crippen LogP contribution in [0.1, 0.15) is 37.9 Å². The van der Waals surface area contributed by atoms with Gasteiger partial charge in [-0.1, -0.05) is 19.0 Å². The molecule has 0 spiro atoms. The molecule has 1 heterocycles. The lowest BCUT2D eigenvalue weighted by molar-refractivity contribution is 0.304. The zero-order valence-corrected chi connectivity index (χ0v) is 12.3. The van der Waals surface area contributed by atoms with E-state index in [1.165, 1.54) is 11.3 Å². The van der Waals surface area contributed by atoms with E-state index < -0.39 is 0 Å². The maximum absolute atomic E-state index is 8.69. The Morgan fingerprint density at radius 1 is 1.58 bits per heavy atom. The number of nitrogens with two attached hydrogens (primary N) is 1. The van der Waals surface area contributed by atoms with Gasteiger partial charge >= 0.3 is 0 Å². The molecule has 0 saturated carbocycles. The number of hydrogen-bond donors (Lipinski definition) is 3. The fraction of sp³-hybridized carbons (Fsp3) is 0.692. The van der Waals surface area contributed by atoms with Crippen LogP contribution < -0.4 is 11.1 Å². The van der Waals surface area contributed by atoms with Crippen molar-refractivity contribution in [3.8, 4) is 0 Å². The smallest absolute Gasteiger partial charge is 0.144 e. The van der Waals surface area contributed by atoms with E-state index in [0.29, 0.717) is 0 Å². The summed E-state index contributed by atoms with van der Waals surface area (Å²) in [6, 6.07) is 0. The van der Waals surface area contributed by atoms with Crippen molar-refractivity contribution in [1.82, 2.24) is 15.1 Å². The highest BCUT2D eigenvalue weighted by molar-refractivity contribution is 5.85. The van der Waals surface area contributed by atoms with Gasteiger partial charge in [-0.2, -0.15) is 5.10 Å². The van der Waals surface area contributed by atoms with E-state index in [1.54, 1.807) is 0 Å². The van der Waals surface area contributed by atoms with E-state index in [4.69, 9.17) is 10.9 Å². The van der Waals surface area contributed by atoms with Gasteiger partial charge in [0.05, 0.1) is 6.20 Å². The summed E-state index contributed by atoms with van der Waals surface area (Å²) in [5.74, 6) is 0.288. The van der Waals surface area contributed by atoms with E-state index in [9.17, 15) is 0 Å². The Balaban J connectivity index is 2.27. The number of nitrogens with zero attached hydrogens (tertiary/aromatic N) is 3. The molecule has 0 radical (unpaired) electrons.